The van der Waals surface area contributed by atoms with E-state index >= 15 is 0 Å². The normalized spacial score (nSPS) is 16.3. The van der Waals surface area contributed by atoms with Gasteiger partial charge in [-0.3, -0.25) is 4.79 Å². The molecule has 6 heteroatoms. The SMILES string of the molecule is O=C1Nc2cccc(-c3cccc(F)c3)c2/C1=C/c1[nH]c2c(c1C(=O)O)CCCC2. The van der Waals surface area contributed by atoms with Crippen LogP contribution in [-0.2, 0) is 17.6 Å². The van der Waals surface area contributed by atoms with Gasteiger partial charge in [-0.25, -0.2) is 9.18 Å². The first kappa shape index (κ1) is 18.4. The molecule has 0 saturated heterocycles. The number of aromatic nitrogens is 1. The molecule has 3 aromatic rings. The van der Waals surface area contributed by atoms with E-state index in [1.807, 2.05) is 6.07 Å². The van der Waals surface area contributed by atoms with E-state index in [1.165, 1.54) is 12.1 Å². The molecule has 5 rings (SSSR count). The van der Waals surface area contributed by atoms with Gasteiger partial charge in [0.25, 0.3) is 5.91 Å². The highest BCUT2D eigenvalue weighted by Crippen LogP contribution is 2.41. The summed E-state index contributed by atoms with van der Waals surface area (Å²) >= 11 is 0. The van der Waals surface area contributed by atoms with E-state index in [0.717, 1.165) is 30.5 Å². The third-order valence-corrected chi connectivity index (χ3v) is 5.79. The number of carbonyl (C=O) groups is 2. The maximum atomic E-state index is 13.8. The molecule has 0 radical (unpaired) electrons. The number of fused-ring (bicyclic) bond motifs is 2. The number of carbonyl (C=O) groups excluding carboxylic acids is 1. The van der Waals surface area contributed by atoms with Crippen LogP contribution in [0.3, 0.4) is 0 Å². The van der Waals surface area contributed by atoms with Crippen LogP contribution in [0.5, 0.6) is 0 Å². The number of carboxylic acids is 1. The number of hydrogen-bond acceptors (Lipinski definition) is 2. The van der Waals surface area contributed by atoms with Gasteiger partial charge in [0.1, 0.15) is 5.82 Å². The molecule has 1 aliphatic carbocycles. The number of anilines is 1. The summed E-state index contributed by atoms with van der Waals surface area (Å²) in [5.74, 6) is -1.67. The van der Waals surface area contributed by atoms with Crippen molar-refractivity contribution in [3.05, 3.63) is 76.4 Å². The van der Waals surface area contributed by atoms with Crippen LogP contribution >= 0.6 is 0 Å². The number of aromatic amines is 1. The first-order valence-corrected chi connectivity index (χ1v) is 9.92. The molecule has 0 atom stereocenters. The Morgan fingerprint density at radius 1 is 1.10 bits per heavy atom. The van der Waals surface area contributed by atoms with Crippen molar-refractivity contribution in [1.29, 1.82) is 0 Å². The number of carboxylic acid groups (broad SMARTS) is 1. The van der Waals surface area contributed by atoms with Crippen molar-refractivity contribution in [3.63, 3.8) is 0 Å². The number of benzene rings is 2. The van der Waals surface area contributed by atoms with Crippen LogP contribution in [-0.4, -0.2) is 22.0 Å². The Kier molecular flexibility index (Phi) is 4.28. The minimum absolute atomic E-state index is 0.238. The number of hydrogen-bond donors (Lipinski definition) is 3. The van der Waals surface area contributed by atoms with Crippen LogP contribution < -0.4 is 5.32 Å². The van der Waals surface area contributed by atoms with Crippen molar-refractivity contribution in [3.8, 4) is 11.1 Å². The lowest BCUT2D eigenvalue weighted by molar-refractivity contribution is -0.110. The van der Waals surface area contributed by atoms with Crippen LogP contribution in [0.15, 0.2) is 42.5 Å². The molecule has 0 unspecified atom stereocenters. The second kappa shape index (κ2) is 6.99. The highest BCUT2D eigenvalue weighted by molar-refractivity contribution is 6.36. The number of aromatic carboxylic acids is 1. The Morgan fingerprint density at radius 2 is 1.90 bits per heavy atom. The summed E-state index contributed by atoms with van der Waals surface area (Å²) in [5.41, 5.74) is 5.44. The van der Waals surface area contributed by atoms with Crippen molar-refractivity contribution in [1.82, 2.24) is 4.98 Å². The minimum Gasteiger partial charge on any atom is -0.478 e. The molecule has 1 aliphatic heterocycles. The molecule has 2 heterocycles. The fraction of sp³-hybridized carbons (Fsp3) is 0.167. The maximum absolute atomic E-state index is 13.8. The lowest BCUT2D eigenvalue weighted by Crippen LogP contribution is -2.07. The molecule has 2 aliphatic rings. The van der Waals surface area contributed by atoms with Crippen molar-refractivity contribution in [2.75, 3.05) is 5.32 Å². The molecule has 150 valence electrons. The van der Waals surface area contributed by atoms with Gasteiger partial charge in [-0.15, -0.1) is 0 Å². The van der Waals surface area contributed by atoms with Crippen LogP contribution in [0.1, 0.15) is 45.7 Å². The Bertz CT molecular complexity index is 1240. The molecule has 1 amide bonds. The number of amides is 1. The summed E-state index contributed by atoms with van der Waals surface area (Å²) in [6, 6.07) is 11.6. The van der Waals surface area contributed by atoms with Gasteiger partial charge >= 0.3 is 5.97 Å². The molecule has 1 aromatic heterocycles. The Morgan fingerprint density at radius 3 is 2.70 bits per heavy atom. The third kappa shape index (κ3) is 2.92. The van der Waals surface area contributed by atoms with E-state index < -0.39 is 5.97 Å². The zero-order chi connectivity index (χ0) is 20.8. The Balaban J connectivity index is 1.71. The van der Waals surface area contributed by atoms with Gasteiger partial charge in [0, 0.05) is 16.9 Å². The van der Waals surface area contributed by atoms with Crippen LogP contribution in [0, 0.1) is 5.82 Å². The fourth-order valence-electron chi connectivity index (χ4n) is 4.49. The second-order valence-electron chi connectivity index (χ2n) is 7.63. The lowest BCUT2D eigenvalue weighted by Gasteiger charge is -2.10. The summed E-state index contributed by atoms with van der Waals surface area (Å²) < 4.78 is 13.8. The van der Waals surface area contributed by atoms with Crippen molar-refractivity contribution in [2.45, 2.75) is 25.7 Å². The highest BCUT2D eigenvalue weighted by atomic mass is 19.1. The number of rotatable bonds is 3. The van der Waals surface area contributed by atoms with Crippen LogP contribution in [0.4, 0.5) is 10.1 Å². The zero-order valence-electron chi connectivity index (χ0n) is 16.1. The summed E-state index contributed by atoms with van der Waals surface area (Å²) in [6.45, 7) is 0. The highest BCUT2D eigenvalue weighted by Gasteiger charge is 2.30. The van der Waals surface area contributed by atoms with Crippen molar-refractivity contribution >= 4 is 29.2 Å². The molecular formula is C24H19FN2O3. The van der Waals surface area contributed by atoms with Crippen molar-refractivity contribution in [2.24, 2.45) is 0 Å². The van der Waals surface area contributed by atoms with Gasteiger partial charge in [-0.2, -0.15) is 0 Å². The topological polar surface area (TPSA) is 82.2 Å². The standard InChI is InChI=1S/C24H19FN2O3/c25-14-6-3-5-13(11-14)15-8-4-10-19-21(15)17(23(28)27-19)12-20-22(24(29)30)16-7-1-2-9-18(16)26-20/h3-6,8,10-12,26H,1-2,7,9H2,(H,27,28)(H,29,30)/b17-12-. The van der Waals surface area contributed by atoms with Crippen LogP contribution in [0.2, 0.25) is 0 Å². The molecular weight excluding hydrogens is 383 g/mol. The molecule has 0 spiro atoms. The zero-order valence-corrected chi connectivity index (χ0v) is 16.1. The first-order chi connectivity index (χ1) is 14.5. The lowest BCUT2D eigenvalue weighted by atomic mass is 9.92. The van der Waals surface area contributed by atoms with E-state index in [0.29, 0.717) is 40.1 Å². The Hall–Kier alpha value is -3.67. The summed E-state index contributed by atoms with van der Waals surface area (Å²) in [4.78, 5) is 28.0. The number of H-pyrrole nitrogens is 1. The smallest absolute Gasteiger partial charge is 0.338 e. The van der Waals surface area contributed by atoms with Gasteiger partial charge in [-0.1, -0.05) is 24.3 Å². The summed E-state index contributed by atoms with van der Waals surface area (Å²) in [7, 11) is 0. The molecule has 0 saturated carbocycles. The van der Waals surface area contributed by atoms with Gasteiger partial charge in [0.15, 0.2) is 0 Å². The number of halogens is 1. The number of aryl methyl sites for hydroxylation is 1. The third-order valence-electron chi connectivity index (χ3n) is 5.79. The van der Waals surface area contributed by atoms with E-state index in [2.05, 4.69) is 10.3 Å². The summed E-state index contributed by atoms with van der Waals surface area (Å²) in [5, 5.41) is 12.7. The fourth-order valence-corrected chi connectivity index (χ4v) is 4.49. The molecule has 3 N–H and O–H groups in total. The van der Waals surface area contributed by atoms with Crippen LogP contribution in [0.25, 0.3) is 22.8 Å². The molecule has 5 nitrogen and oxygen atoms in total. The second-order valence-corrected chi connectivity index (χ2v) is 7.63. The van der Waals surface area contributed by atoms with Gasteiger partial charge in [0.05, 0.1) is 16.8 Å². The predicted molar refractivity (Wildman–Crippen MR) is 113 cm³/mol. The Labute approximate surface area is 172 Å². The quantitative estimate of drug-likeness (QED) is 0.546. The monoisotopic (exact) mass is 402 g/mol. The first-order valence-electron chi connectivity index (χ1n) is 9.92. The molecule has 0 fully saturated rings. The van der Waals surface area contributed by atoms with E-state index in [9.17, 15) is 19.1 Å². The minimum atomic E-state index is -1.00. The van der Waals surface area contributed by atoms with Crippen molar-refractivity contribution < 1.29 is 19.1 Å². The van der Waals surface area contributed by atoms with Gasteiger partial charge < -0.3 is 15.4 Å². The number of nitrogens with one attached hydrogen (secondary N) is 2. The largest absolute Gasteiger partial charge is 0.478 e. The van der Waals surface area contributed by atoms with E-state index in [-0.39, 0.29) is 17.3 Å². The molecule has 2 aromatic carbocycles. The summed E-state index contributed by atoms with van der Waals surface area (Å²) in [6.07, 6.45) is 5.10. The van der Waals surface area contributed by atoms with Gasteiger partial charge in [-0.05, 0) is 66.6 Å². The molecule has 30 heavy (non-hydrogen) atoms. The predicted octanol–water partition coefficient (Wildman–Crippen LogP) is 4.89. The molecule has 0 bridgehead atoms. The average molecular weight is 402 g/mol. The van der Waals surface area contributed by atoms with Gasteiger partial charge in [0.2, 0.25) is 0 Å². The van der Waals surface area contributed by atoms with E-state index in [4.69, 9.17) is 0 Å². The average Bonchev–Trinajstić information content (AvgIpc) is 3.25. The van der Waals surface area contributed by atoms with E-state index in [1.54, 1.807) is 30.3 Å². The maximum Gasteiger partial charge on any atom is 0.338 e.